The molecule has 10 fully saturated rings. The van der Waals surface area contributed by atoms with Gasteiger partial charge in [-0.05, 0) is 12.0 Å². The zero-order valence-corrected chi connectivity index (χ0v) is 79.5. The fourth-order valence-electron chi connectivity index (χ4n) is 16.5. The molecule has 31 N–H and O–H groups in total. The van der Waals surface area contributed by atoms with Gasteiger partial charge in [-0.1, -0.05) is 13.8 Å². The molecule has 0 aliphatic carbocycles. The van der Waals surface area contributed by atoms with Gasteiger partial charge in [-0.25, -0.2) is 26.7 Å². The quantitative estimate of drug-likeness (QED) is 0.0169. The molecule has 0 saturated carbocycles. The zero-order valence-electron chi connectivity index (χ0n) is 75.5. The molecule has 20 unspecified atom stereocenters. The Bertz CT molecular complexity index is 3950. The van der Waals surface area contributed by atoms with Gasteiger partial charge in [0.05, 0.1) is 44.6 Å². The summed E-state index contributed by atoms with van der Waals surface area (Å²) in [6.45, 7) is -0.424. The number of carboxylic acids is 1. The largest absolute Gasteiger partial charge is 1.00 e. The number of hydrazine groups is 2. The van der Waals surface area contributed by atoms with Gasteiger partial charge in [-0.2, -0.15) is 0 Å². The first-order valence-corrected chi connectivity index (χ1v) is 42.2. The fourth-order valence-corrected chi connectivity index (χ4v) is 16.5. The van der Waals surface area contributed by atoms with Crippen molar-refractivity contribution in [3.05, 3.63) is 0 Å². The van der Waals surface area contributed by atoms with Crippen molar-refractivity contribution in [2.75, 3.05) is 53.9 Å². The standard InChI is InChI=1S/C74H117N8O54.2Na.H2O/c1-16-22(9-83)120-67(45(104)33(16)92)128-54-31(77-20(5)90)65(123-25(12-86)39(54)98)132-56-43(102)49(108)71(129-52-29(75-18(3)88)63(116-7)121-23(10-84)37(52)96)134-58(56)60(110)79-81-73(114)118-14-27-35(94)41(100)47(106)68(125-27)136-69-48(107)42(101)36(95)28(126-69)15-119-74(115)82-80-61(111)59-57(44(103)50(109)72(135-59)130-53-30(76-19(4)89)64(117-8)122-24(11-85)38(53)97)133-66-32(78-21(6)91)55(40(99)26(13-87)124-66)131-70-46(105)34(93)17(2)51(127-70)62(112)113;;;/h16-17,22-59,63-72,84-87,92-109H,10-15H2,1-8H3,(H,75,88)(H,76,89)(H,77,90)(H,78,91)(H,79,110)(H,80,111)(H,81,114)(H,82,115)(H,112,113);;;1H2/q-1;2*+1;/p-2/t16-,17+,22?,23?,24?,25?,26?,27?,28?,29?,30?,31?,32?,33+,34+,35-,36-,37-,38-,39-,40-,41+,42+,43-,44-,45?,46?,47?,48?,49+,50?,51?,52-,53-,54-,55-,56+,57+,58?,59?,63-,64-,65+,66+,67+,68-,69-,70+,71?,72-;;;/m1.../s1. The maximum Gasteiger partial charge on any atom is 1.00 e. The molecule has 139 heavy (non-hydrogen) atoms. The number of carboxylic acid groups (broad SMARTS) is 1. The van der Waals surface area contributed by atoms with Crippen LogP contribution in [0.2, 0.25) is 0 Å². The Morgan fingerprint density at radius 2 is 0.561 bits per heavy atom. The molecule has 0 aromatic carbocycles. The van der Waals surface area contributed by atoms with Gasteiger partial charge in [0, 0.05) is 47.8 Å². The third-order valence-electron chi connectivity index (χ3n) is 23.8. The summed E-state index contributed by atoms with van der Waals surface area (Å²) < 4.78 is 119. The molecule has 0 radical (unpaired) electrons. The van der Waals surface area contributed by atoms with Crippen LogP contribution >= 0.6 is 0 Å². The van der Waals surface area contributed by atoms with Gasteiger partial charge in [0.1, 0.15) is 214 Å². The average molecular weight is 2040 g/mol. The number of methoxy groups -OCH3 is 2. The van der Waals surface area contributed by atoms with Gasteiger partial charge in [0.15, 0.2) is 75.1 Å². The molecule has 10 aliphatic heterocycles. The predicted molar refractivity (Wildman–Crippen MR) is 414 cm³/mol. The number of hydrogen-bond acceptors (Lipinski definition) is 55. The van der Waals surface area contributed by atoms with Crippen LogP contribution in [0.4, 0.5) is 9.59 Å². The van der Waals surface area contributed by atoms with E-state index >= 15 is 0 Å². The predicted octanol–water partition coefficient (Wildman–Crippen LogP) is -28.2. The first-order chi connectivity index (χ1) is 64.2. The molecule has 0 bridgehead atoms. The van der Waals surface area contributed by atoms with Crippen molar-refractivity contribution in [1.29, 1.82) is 0 Å². The van der Waals surface area contributed by atoms with E-state index in [0.29, 0.717) is 0 Å². The van der Waals surface area contributed by atoms with E-state index in [9.17, 15) is 165 Å². The van der Waals surface area contributed by atoms with Crippen molar-refractivity contribution in [3.63, 3.8) is 0 Å². The number of aliphatic carboxylic acids is 1. The molecular formula is C74H117N8Na2O55-. The second-order valence-corrected chi connectivity index (χ2v) is 33.2. The molecule has 10 heterocycles. The zero-order chi connectivity index (χ0) is 101. The van der Waals surface area contributed by atoms with Gasteiger partial charge in [0.2, 0.25) is 23.6 Å². The summed E-state index contributed by atoms with van der Waals surface area (Å²) in [5, 5.41) is 267. The summed E-state index contributed by atoms with van der Waals surface area (Å²) in [6.07, 6.45) is -96.1. The minimum atomic E-state index is -2.58. The summed E-state index contributed by atoms with van der Waals surface area (Å²) >= 11 is 0. The Balaban J connectivity index is 0.00000876. The van der Waals surface area contributed by atoms with E-state index in [0.717, 1.165) is 48.8 Å². The first kappa shape index (κ1) is 121. The maximum atomic E-state index is 14.6. The molecule has 786 valence electrons. The summed E-state index contributed by atoms with van der Waals surface area (Å²) in [7, 11) is 2.15. The van der Waals surface area contributed by atoms with Crippen LogP contribution in [0.5, 0.6) is 0 Å². The number of hydrogen-bond donors (Lipinski definition) is 30. The van der Waals surface area contributed by atoms with E-state index in [1.807, 2.05) is 10.9 Å². The van der Waals surface area contributed by atoms with Crippen molar-refractivity contribution < 1.29 is 329 Å². The fraction of sp³-hybridized carbons (Fsp3) is 0.865. The molecule has 63 nitrogen and oxygen atoms in total. The normalized spacial score (nSPS) is 44.5. The number of aliphatic hydroxyl groups is 22. The summed E-state index contributed by atoms with van der Waals surface area (Å²) in [5.74, 6) is -11.3. The summed E-state index contributed by atoms with van der Waals surface area (Å²) in [4.78, 5) is 131. The van der Waals surface area contributed by atoms with Crippen LogP contribution in [-0.4, -0.2) is 526 Å². The van der Waals surface area contributed by atoms with Crippen LogP contribution in [0, 0.1) is 11.8 Å². The van der Waals surface area contributed by atoms with Crippen LogP contribution in [0.3, 0.4) is 0 Å². The number of rotatable bonds is 32. The average Bonchev–Trinajstić information content (AvgIpc) is 0.769. The maximum absolute atomic E-state index is 14.6. The smallest absolute Gasteiger partial charge is 0.870 e. The van der Waals surface area contributed by atoms with Gasteiger partial charge in [-0.3, -0.25) is 39.6 Å². The molecule has 0 spiro atoms. The SMILES string of the molecule is CO[C@@H]1OC(CO)[C@@H](O)[C@H](OC2OC(C(=O)NNC(=O)OCC3O[C@H](O[C@H]4OC(COC(=O)NNC(=O)C5O[C@@H](O[C@@H]6C(NC(C)=O)[C@H](OC)OC(CO)[C@H]6O)C(O)[C@@H](O)[C@@H]5O[C@@H]5OC(CO)[C@@H](O)[C@H](O[C@@H]6OC(C(=O)[O-])[C@@H](C)[C@H](O)C6O)C5NC(C)=O)[C@@H](O)[C@H](O)C4O)C(O)[C@@H](O)[C@@H]3O)[C@@H](O[C@@H]3OC(CO)[C@@H](O)[C@H](O[C@@H]4OC([C-]=O)[C@@H](C)[C@H](O)C4O)C3NC(C)=O)[C@H](O)[C@@H]2O)C1NC(C)=O.[Na+].[Na+].[OH-]. The minimum Gasteiger partial charge on any atom is -0.870 e. The summed E-state index contributed by atoms with van der Waals surface area (Å²) in [6, 6.07) is -7.11. The first-order valence-electron chi connectivity index (χ1n) is 42.2. The Kier molecular flexibility index (Phi) is 46.4. The minimum absolute atomic E-state index is 0. The molecule has 10 rings (SSSR count). The Morgan fingerprint density at radius 3 is 0.856 bits per heavy atom. The summed E-state index contributed by atoms with van der Waals surface area (Å²) in [5.41, 5.74) is 7.15. The molecule has 0 aromatic heterocycles. The Hall–Kier alpha value is -5.18. The van der Waals surface area contributed by atoms with E-state index in [4.69, 9.17) is 99.5 Å². The third-order valence-corrected chi connectivity index (χ3v) is 23.8. The number of amides is 8. The molecule has 50 atom stereocenters. The Labute approximate surface area is 829 Å². The van der Waals surface area contributed by atoms with E-state index in [-0.39, 0.29) is 64.6 Å². The molecule has 10 saturated heterocycles. The molecule has 10 aliphatic rings. The number of nitrogens with one attached hydrogen (secondary N) is 8. The molecular weight excluding hydrogens is 1930 g/mol. The van der Waals surface area contributed by atoms with Gasteiger partial charge in [-0.15, -0.1) is 0 Å². The topological polar surface area (TPSA) is 959 Å². The Morgan fingerprint density at radius 1 is 0.302 bits per heavy atom. The van der Waals surface area contributed by atoms with Crippen molar-refractivity contribution in [2.24, 2.45) is 11.8 Å². The monoisotopic (exact) mass is 2040 g/mol. The van der Waals surface area contributed by atoms with Gasteiger partial charge in [0.25, 0.3) is 11.8 Å². The number of carbonyl (C=O) groups excluding carboxylic acids is 10. The van der Waals surface area contributed by atoms with Crippen LogP contribution in [0.1, 0.15) is 41.5 Å². The van der Waals surface area contributed by atoms with Crippen LogP contribution in [-0.2, 0) is 138 Å². The van der Waals surface area contributed by atoms with Crippen molar-refractivity contribution in [3.8, 4) is 0 Å². The van der Waals surface area contributed by atoms with E-state index in [1.165, 1.54) is 13.2 Å². The molecule has 8 amide bonds. The van der Waals surface area contributed by atoms with Gasteiger partial charge >= 0.3 is 71.3 Å². The second kappa shape index (κ2) is 53.4. The van der Waals surface area contributed by atoms with E-state index in [1.54, 1.807) is 10.9 Å². The van der Waals surface area contributed by atoms with Gasteiger partial charge < -0.3 is 253 Å². The third kappa shape index (κ3) is 28.0. The number of aliphatic hydroxyl groups excluding tert-OH is 22. The molecule has 65 heteroatoms. The van der Waals surface area contributed by atoms with Crippen LogP contribution in [0.15, 0.2) is 0 Å². The van der Waals surface area contributed by atoms with E-state index in [2.05, 4.69) is 21.3 Å². The van der Waals surface area contributed by atoms with Crippen molar-refractivity contribution in [2.45, 2.75) is 336 Å². The van der Waals surface area contributed by atoms with Crippen LogP contribution in [0.25, 0.3) is 0 Å². The number of ether oxygens (including phenoxy) is 21. The van der Waals surface area contributed by atoms with Crippen molar-refractivity contribution >= 4 is 59.9 Å². The van der Waals surface area contributed by atoms with Crippen molar-refractivity contribution in [1.82, 2.24) is 43.0 Å². The van der Waals surface area contributed by atoms with Crippen LogP contribution < -0.4 is 107 Å². The molecule has 0 aromatic rings. The second-order valence-electron chi connectivity index (χ2n) is 33.2. The van der Waals surface area contributed by atoms with E-state index < -0.39 is 400 Å². The number of carbonyl (C=O) groups is 9.